The molecule has 1 nitrogen and oxygen atoms in total. The highest BCUT2D eigenvalue weighted by Gasteiger charge is 2.19. The van der Waals surface area contributed by atoms with E-state index in [1.165, 1.54) is 56.7 Å². The fraction of sp³-hybridized carbons (Fsp3) is 1.00. The van der Waals surface area contributed by atoms with Crippen LogP contribution in [0.1, 0.15) is 51.4 Å². The van der Waals surface area contributed by atoms with Crippen LogP contribution in [0.4, 0.5) is 0 Å². The summed E-state index contributed by atoms with van der Waals surface area (Å²) in [5, 5.41) is 1.17. The first-order valence-corrected chi connectivity index (χ1v) is 7.25. The third-order valence-electron chi connectivity index (χ3n) is 3.55. The number of hydrogen-bond acceptors (Lipinski definition) is 1. The zero-order valence-corrected chi connectivity index (χ0v) is 12.9. The summed E-state index contributed by atoms with van der Waals surface area (Å²) >= 11 is 3.48. The van der Waals surface area contributed by atoms with Gasteiger partial charge >= 0.3 is 0 Å². The van der Waals surface area contributed by atoms with E-state index in [4.69, 9.17) is 5.73 Å². The maximum Gasteiger partial charge on any atom is 0.00313 e. The Morgan fingerprint density at radius 3 is 2.07 bits per heavy atom. The predicted octanol–water partition coefficient (Wildman–Crippen LogP) is 4.28. The van der Waals surface area contributed by atoms with Gasteiger partial charge in [0.2, 0.25) is 0 Å². The van der Waals surface area contributed by atoms with E-state index in [9.17, 15) is 0 Å². The van der Waals surface area contributed by atoms with Gasteiger partial charge in [-0.15, -0.1) is 17.0 Å². The molecule has 0 radical (unpaired) electrons. The van der Waals surface area contributed by atoms with Gasteiger partial charge in [-0.25, -0.2) is 0 Å². The molecule has 0 amide bonds. The smallest absolute Gasteiger partial charge is 0.00313 e. The molecule has 3 heteroatoms. The van der Waals surface area contributed by atoms with Crippen LogP contribution < -0.4 is 5.73 Å². The van der Waals surface area contributed by atoms with Crippen molar-refractivity contribution in [2.24, 2.45) is 17.6 Å². The molecule has 2 N–H and O–H groups in total. The minimum absolute atomic E-state index is 0. The highest BCUT2D eigenvalue weighted by molar-refractivity contribution is 9.09. The van der Waals surface area contributed by atoms with E-state index in [0.717, 1.165) is 18.4 Å². The normalized spacial score (nSPS) is 26.0. The maximum atomic E-state index is 5.68. The van der Waals surface area contributed by atoms with Gasteiger partial charge in [0.25, 0.3) is 0 Å². The van der Waals surface area contributed by atoms with Gasteiger partial charge < -0.3 is 5.73 Å². The Morgan fingerprint density at radius 2 is 1.53 bits per heavy atom. The van der Waals surface area contributed by atoms with Crippen molar-refractivity contribution in [1.29, 1.82) is 0 Å². The molecular formula is C12H25Br2N. The van der Waals surface area contributed by atoms with Gasteiger partial charge in [-0.1, -0.05) is 48.0 Å². The van der Waals surface area contributed by atoms with Gasteiger partial charge in [0, 0.05) is 5.33 Å². The van der Waals surface area contributed by atoms with E-state index >= 15 is 0 Å². The summed E-state index contributed by atoms with van der Waals surface area (Å²) in [5.74, 6) is 1.86. The van der Waals surface area contributed by atoms with Crippen LogP contribution in [-0.2, 0) is 0 Å². The van der Waals surface area contributed by atoms with Gasteiger partial charge in [0.05, 0.1) is 0 Å². The summed E-state index contributed by atoms with van der Waals surface area (Å²) in [5.41, 5.74) is 5.68. The second kappa shape index (κ2) is 10.1. The molecule has 1 aliphatic rings. The molecule has 0 spiro atoms. The number of unbranched alkanes of at least 4 members (excludes halogenated alkanes) is 2. The molecule has 0 aromatic carbocycles. The van der Waals surface area contributed by atoms with Crippen molar-refractivity contribution < 1.29 is 0 Å². The fourth-order valence-corrected chi connectivity index (χ4v) is 2.86. The van der Waals surface area contributed by atoms with E-state index in [1.807, 2.05) is 0 Å². The van der Waals surface area contributed by atoms with E-state index in [2.05, 4.69) is 15.9 Å². The largest absolute Gasteiger partial charge is 0.330 e. The topological polar surface area (TPSA) is 26.0 Å². The molecule has 0 atom stereocenters. The van der Waals surface area contributed by atoms with Crippen LogP contribution in [-0.4, -0.2) is 11.9 Å². The number of nitrogens with two attached hydrogens (primary N) is 1. The summed E-state index contributed by atoms with van der Waals surface area (Å²) in [6.07, 6.45) is 11.3. The second-order valence-electron chi connectivity index (χ2n) is 4.66. The number of alkyl halides is 1. The molecule has 92 valence electrons. The van der Waals surface area contributed by atoms with Crippen molar-refractivity contribution in [2.45, 2.75) is 51.4 Å². The minimum atomic E-state index is 0. The Hall–Kier alpha value is 0.920. The van der Waals surface area contributed by atoms with Crippen molar-refractivity contribution >= 4 is 32.9 Å². The van der Waals surface area contributed by atoms with Gasteiger partial charge in [-0.2, -0.15) is 0 Å². The van der Waals surface area contributed by atoms with Gasteiger partial charge in [0.15, 0.2) is 0 Å². The Balaban J connectivity index is 0.00000196. The van der Waals surface area contributed by atoms with E-state index in [-0.39, 0.29) is 17.0 Å². The highest BCUT2D eigenvalue weighted by Crippen LogP contribution is 2.31. The Morgan fingerprint density at radius 1 is 0.933 bits per heavy atom. The molecule has 0 bridgehead atoms. The van der Waals surface area contributed by atoms with Crippen molar-refractivity contribution in [3.05, 3.63) is 0 Å². The third kappa shape index (κ3) is 6.96. The Bertz CT molecular complexity index is 134. The zero-order valence-electron chi connectivity index (χ0n) is 9.59. The summed E-state index contributed by atoms with van der Waals surface area (Å²) < 4.78 is 0. The monoisotopic (exact) mass is 341 g/mol. The Labute approximate surface area is 113 Å². The van der Waals surface area contributed by atoms with E-state index in [1.54, 1.807) is 0 Å². The average molecular weight is 343 g/mol. The number of halogens is 2. The van der Waals surface area contributed by atoms with Gasteiger partial charge in [-0.3, -0.25) is 0 Å². The Kier molecular flexibility index (Phi) is 10.7. The third-order valence-corrected chi connectivity index (χ3v) is 4.11. The first kappa shape index (κ1) is 15.9. The second-order valence-corrected chi connectivity index (χ2v) is 5.45. The van der Waals surface area contributed by atoms with Crippen LogP contribution >= 0.6 is 32.9 Å². The lowest BCUT2D eigenvalue weighted by molar-refractivity contribution is 0.263. The molecule has 1 rings (SSSR count). The van der Waals surface area contributed by atoms with Crippen LogP contribution in [0.25, 0.3) is 0 Å². The lowest BCUT2D eigenvalue weighted by Gasteiger charge is -2.27. The lowest BCUT2D eigenvalue weighted by atomic mass is 9.80. The summed E-state index contributed by atoms with van der Waals surface area (Å²) in [6, 6.07) is 0. The molecule has 1 aliphatic carbocycles. The molecule has 15 heavy (non-hydrogen) atoms. The number of rotatable bonds is 6. The molecule has 0 aromatic heterocycles. The van der Waals surface area contributed by atoms with Crippen LogP contribution in [0.2, 0.25) is 0 Å². The summed E-state index contributed by atoms with van der Waals surface area (Å²) in [7, 11) is 0. The van der Waals surface area contributed by atoms with Gasteiger partial charge in [-0.05, 0) is 37.6 Å². The first-order chi connectivity index (χ1) is 6.86. The molecule has 0 aromatic rings. The first-order valence-electron chi connectivity index (χ1n) is 6.12. The molecule has 0 saturated heterocycles. The van der Waals surface area contributed by atoms with Crippen molar-refractivity contribution in [2.75, 3.05) is 11.9 Å². The predicted molar refractivity (Wildman–Crippen MR) is 77.1 cm³/mol. The molecule has 0 heterocycles. The molecule has 0 unspecified atom stereocenters. The van der Waals surface area contributed by atoms with Gasteiger partial charge in [0.1, 0.15) is 0 Å². The molecule has 1 saturated carbocycles. The van der Waals surface area contributed by atoms with Crippen LogP contribution in [0.15, 0.2) is 0 Å². The highest BCUT2D eigenvalue weighted by atomic mass is 79.9. The van der Waals surface area contributed by atoms with Crippen molar-refractivity contribution in [3.63, 3.8) is 0 Å². The van der Waals surface area contributed by atoms with Crippen LogP contribution in [0, 0.1) is 11.8 Å². The van der Waals surface area contributed by atoms with Crippen molar-refractivity contribution in [1.82, 2.24) is 0 Å². The summed E-state index contributed by atoms with van der Waals surface area (Å²) in [4.78, 5) is 0. The van der Waals surface area contributed by atoms with Crippen LogP contribution in [0.3, 0.4) is 0 Å². The molecule has 0 aliphatic heterocycles. The lowest BCUT2D eigenvalue weighted by Crippen LogP contribution is -2.21. The van der Waals surface area contributed by atoms with E-state index in [0.29, 0.717) is 0 Å². The fourth-order valence-electron chi connectivity index (χ4n) is 2.46. The van der Waals surface area contributed by atoms with Crippen molar-refractivity contribution in [3.8, 4) is 0 Å². The SMILES string of the molecule is Br.NCC1CCC(CCCCCBr)CC1. The zero-order chi connectivity index (χ0) is 10.2. The molecule has 1 fully saturated rings. The molecular weight excluding hydrogens is 318 g/mol. The average Bonchev–Trinajstić information content (AvgIpc) is 2.25. The van der Waals surface area contributed by atoms with Crippen LogP contribution in [0.5, 0.6) is 0 Å². The minimum Gasteiger partial charge on any atom is -0.330 e. The number of hydrogen-bond donors (Lipinski definition) is 1. The quantitative estimate of drug-likeness (QED) is 0.565. The van der Waals surface area contributed by atoms with E-state index < -0.39 is 0 Å². The summed E-state index contributed by atoms with van der Waals surface area (Å²) in [6.45, 7) is 0.913. The maximum absolute atomic E-state index is 5.68. The standard InChI is InChI=1S/C12H24BrN.BrH/c13-9-3-1-2-4-11-5-7-12(10-14)8-6-11;/h11-12H,1-10,14H2;1H.